The lowest BCUT2D eigenvalue weighted by molar-refractivity contribution is -0.115. The highest BCUT2D eigenvalue weighted by atomic mass is 32.2. The number of aliphatic imine (C=N–C) groups is 1. The highest BCUT2D eigenvalue weighted by Crippen LogP contribution is 2.30. The fourth-order valence-electron chi connectivity index (χ4n) is 3.35. The zero-order chi connectivity index (χ0) is 19.5. The van der Waals surface area contributed by atoms with E-state index in [1.807, 2.05) is 37.4 Å². The summed E-state index contributed by atoms with van der Waals surface area (Å²) in [6, 6.07) is 16.4. The molecule has 0 spiro atoms. The van der Waals surface area contributed by atoms with Gasteiger partial charge >= 0.3 is 0 Å². The molecule has 0 bridgehead atoms. The highest BCUT2D eigenvalue weighted by molar-refractivity contribution is 8.18. The number of aryl methyl sites for hydroxylation is 2. The van der Waals surface area contributed by atoms with Crippen LogP contribution in [-0.4, -0.2) is 15.6 Å². The number of aromatic nitrogens is 1. The van der Waals surface area contributed by atoms with E-state index in [1.54, 1.807) is 0 Å². The Bertz CT molecular complexity index is 1080. The number of carbonyl (C=O) groups excluding carboxylic acids is 1. The first-order valence-electron chi connectivity index (χ1n) is 9.56. The van der Waals surface area contributed by atoms with Crippen molar-refractivity contribution >= 4 is 45.5 Å². The number of benzene rings is 2. The summed E-state index contributed by atoms with van der Waals surface area (Å²) in [6.07, 6.45) is 7.48. The lowest BCUT2D eigenvalue weighted by Crippen LogP contribution is -2.19. The summed E-state index contributed by atoms with van der Waals surface area (Å²) in [5.41, 5.74) is 4.37. The van der Waals surface area contributed by atoms with Crippen LogP contribution in [0, 0.1) is 0 Å². The minimum atomic E-state index is -0.101. The van der Waals surface area contributed by atoms with Gasteiger partial charge in [-0.3, -0.25) is 4.79 Å². The van der Waals surface area contributed by atoms with Gasteiger partial charge in [0.15, 0.2) is 5.17 Å². The van der Waals surface area contributed by atoms with E-state index in [-0.39, 0.29) is 5.91 Å². The summed E-state index contributed by atoms with van der Waals surface area (Å²) < 4.78 is 2.08. The Balaban J connectivity index is 1.55. The first-order chi connectivity index (χ1) is 13.6. The SMILES string of the molecule is CCCCc1ccc(N=C2NC(=O)/C(=C/c3cn(C)c4ccccc34)S2)cc1. The summed E-state index contributed by atoms with van der Waals surface area (Å²) in [7, 11) is 2.02. The molecule has 1 amide bonds. The van der Waals surface area contributed by atoms with Crippen LogP contribution in [0.25, 0.3) is 17.0 Å². The van der Waals surface area contributed by atoms with Crippen molar-refractivity contribution in [3.8, 4) is 0 Å². The van der Waals surface area contributed by atoms with Gasteiger partial charge in [0, 0.05) is 29.7 Å². The van der Waals surface area contributed by atoms with Crippen molar-refractivity contribution in [3.63, 3.8) is 0 Å². The molecule has 0 atom stereocenters. The maximum Gasteiger partial charge on any atom is 0.264 e. The smallest absolute Gasteiger partial charge is 0.264 e. The largest absolute Gasteiger partial charge is 0.350 e. The summed E-state index contributed by atoms with van der Waals surface area (Å²) in [5, 5.41) is 4.64. The molecule has 0 aliphatic carbocycles. The van der Waals surface area contributed by atoms with Crippen LogP contribution in [0.4, 0.5) is 5.69 Å². The van der Waals surface area contributed by atoms with Crippen molar-refractivity contribution < 1.29 is 4.79 Å². The average Bonchev–Trinajstić information content (AvgIpc) is 3.21. The highest BCUT2D eigenvalue weighted by Gasteiger charge is 2.24. The number of thioether (sulfide) groups is 1. The second-order valence-corrected chi connectivity index (χ2v) is 7.99. The van der Waals surface area contributed by atoms with E-state index in [4.69, 9.17) is 0 Å². The molecule has 3 aromatic rings. The summed E-state index contributed by atoms with van der Waals surface area (Å²) in [6.45, 7) is 2.20. The molecule has 0 unspecified atom stereocenters. The Hall–Kier alpha value is -2.79. The van der Waals surface area contributed by atoms with Gasteiger partial charge < -0.3 is 9.88 Å². The third kappa shape index (κ3) is 3.90. The molecule has 4 rings (SSSR count). The Morgan fingerprint density at radius 3 is 2.71 bits per heavy atom. The molecule has 2 heterocycles. The summed E-state index contributed by atoms with van der Waals surface area (Å²) >= 11 is 1.39. The lowest BCUT2D eigenvalue weighted by atomic mass is 10.1. The second kappa shape index (κ2) is 8.07. The van der Waals surface area contributed by atoms with Gasteiger partial charge in [-0.05, 0) is 54.4 Å². The Morgan fingerprint density at radius 2 is 1.93 bits per heavy atom. The number of para-hydroxylation sites is 1. The molecule has 1 aromatic heterocycles. The lowest BCUT2D eigenvalue weighted by Gasteiger charge is -2.01. The zero-order valence-electron chi connectivity index (χ0n) is 16.1. The van der Waals surface area contributed by atoms with Crippen LogP contribution in [0.15, 0.2) is 64.6 Å². The minimum Gasteiger partial charge on any atom is -0.350 e. The first kappa shape index (κ1) is 18.6. The molecule has 28 heavy (non-hydrogen) atoms. The third-order valence-electron chi connectivity index (χ3n) is 4.85. The van der Waals surface area contributed by atoms with Gasteiger partial charge in [0.05, 0.1) is 10.6 Å². The van der Waals surface area contributed by atoms with Crippen molar-refractivity contribution in [3.05, 3.63) is 70.8 Å². The van der Waals surface area contributed by atoms with Crippen molar-refractivity contribution in [2.45, 2.75) is 26.2 Å². The third-order valence-corrected chi connectivity index (χ3v) is 5.76. The number of carbonyl (C=O) groups is 1. The number of unbranched alkanes of at least 4 members (excludes halogenated alkanes) is 1. The van der Waals surface area contributed by atoms with Gasteiger partial charge in [0.2, 0.25) is 0 Å². The number of fused-ring (bicyclic) bond motifs is 1. The molecule has 1 aliphatic heterocycles. The van der Waals surface area contributed by atoms with E-state index < -0.39 is 0 Å². The number of nitrogens with zero attached hydrogens (tertiary/aromatic N) is 2. The first-order valence-corrected chi connectivity index (χ1v) is 10.4. The molecule has 1 fully saturated rings. The molecule has 4 nitrogen and oxygen atoms in total. The number of amides is 1. The van der Waals surface area contributed by atoms with Gasteiger partial charge in [-0.1, -0.05) is 43.7 Å². The topological polar surface area (TPSA) is 46.4 Å². The molecule has 0 radical (unpaired) electrons. The maximum absolute atomic E-state index is 12.4. The van der Waals surface area contributed by atoms with E-state index >= 15 is 0 Å². The predicted molar refractivity (Wildman–Crippen MR) is 119 cm³/mol. The number of nitrogens with one attached hydrogen (secondary N) is 1. The second-order valence-electron chi connectivity index (χ2n) is 6.96. The molecule has 5 heteroatoms. The molecular formula is C23H23N3OS. The predicted octanol–water partition coefficient (Wildman–Crippen LogP) is 5.41. The van der Waals surface area contributed by atoms with Gasteiger partial charge in [0.25, 0.3) is 5.91 Å². The van der Waals surface area contributed by atoms with Gasteiger partial charge in [-0.25, -0.2) is 4.99 Å². The van der Waals surface area contributed by atoms with Crippen LogP contribution >= 0.6 is 11.8 Å². The molecule has 1 saturated heterocycles. The Kier molecular flexibility index (Phi) is 5.35. The van der Waals surface area contributed by atoms with Crippen molar-refractivity contribution in [2.75, 3.05) is 0 Å². The standard InChI is InChI=1S/C23H23N3OS/c1-3-4-7-16-10-12-18(13-11-16)24-23-25-22(27)21(28-23)14-17-15-26(2)20-9-6-5-8-19(17)20/h5-6,8-15H,3-4,7H2,1-2H3,(H,24,25,27)/b21-14-. The summed E-state index contributed by atoms with van der Waals surface area (Å²) in [4.78, 5) is 17.7. The molecule has 1 N–H and O–H groups in total. The average molecular weight is 390 g/mol. The Morgan fingerprint density at radius 1 is 1.14 bits per heavy atom. The van der Waals surface area contributed by atoms with E-state index in [9.17, 15) is 4.79 Å². The zero-order valence-corrected chi connectivity index (χ0v) is 16.9. The van der Waals surface area contributed by atoms with Crippen LogP contribution in [0.2, 0.25) is 0 Å². The summed E-state index contributed by atoms with van der Waals surface area (Å²) in [5.74, 6) is -0.101. The van der Waals surface area contributed by atoms with E-state index in [0.717, 1.165) is 28.6 Å². The normalized spacial score (nSPS) is 17.0. The molecular weight excluding hydrogens is 366 g/mol. The minimum absolute atomic E-state index is 0.101. The number of rotatable bonds is 5. The van der Waals surface area contributed by atoms with Crippen LogP contribution in [0.1, 0.15) is 30.9 Å². The van der Waals surface area contributed by atoms with Gasteiger partial charge in [-0.15, -0.1) is 0 Å². The number of amidine groups is 1. The Labute approximate surface area is 169 Å². The maximum atomic E-state index is 12.4. The van der Waals surface area contributed by atoms with Crippen LogP contribution in [0.5, 0.6) is 0 Å². The fraction of sp³-hybridized carbons (Fsp3) is 0.217. The number of hydrogen-bond acceptors (Lipinski definition) is 3. The molecule has 2 aromatic carbocycles. The van der Waals surface area contributed by atoms with Gasteiger partial charge in [0.1, 0.15) is 0 Å². The van der Waals surface area contributed by atoms with Crippen LogP contribution in [-0.2, 0) is 18.3 Å². The fourth-order valence-corrected chi connectivity index (χ4v) is 4.18. The molecule has 0 saturated carbocycles. The molecule has 142 valence electrons. The van der Waals surface area contributed by atoms with Crippen LogP contribution in [0.3, 0.4) is 0 Å². The molecule has 1 aliphatic rings. The van der Waals surface area contributed by atoms with Crippen molar-refractivity contribution in [2.24, 2.45) is 12.0 Å². The van der Waals surface area contributed by atoms with E-state index in [0.29, 0.717) is 10.1 Å². The van der Waals surface area contributed by atoms with E-state index in [2.05, 4.69) is 52.3 Å². The number of hydrogen-bond donors (Lipinski definition) is 1. The monoisotopic (exact) mass is 389 g/mol. The van der Waals surface area contributed by atoms with Gasteiger partial charge in [-0.2, -0.15) is 0 Å². The van der Waals surface area contributed by atoms with Crippen molar-refractivity contribution in [1.29, 1.82) is 0 Å². The quantitative estimate of drug-likeness (QED) is 0.593. The van der Waals surface area contributed by atoms with Crippen LogP contribution < -0.4 is 5.32 Å². The van der Waals surface area contributed by atoms with E-state index in [1.165, 1.54) is 30.2 Å². The van der Waals surface area contributed by atoms with Crippen molar-refractivity contribution in [1.82, 2.24) is 9.88 Å².